The number of aromatic amines is 1. The molecule has 1 atom stereocenters. The highest BCUT2D eigenvalue weighted by molar-refractivity contribution is 5.86. The molecule has 0 aliphatic heterocycles. The third kappa shape index (κ3) is 2.01. The number of carbonyl (C=O) groups is 1. The van der Waals surface area contributed by atoms with Gasteiger partial charge in [-0.3, -0.25) is 4.79 Å². The Kier molecular flexibility index (Phi) is 2.62. The molecular formula is C17H20N2O. The van der Waals surface area contributed by atoms with Gasteiger partial charge in [-0.1, -0.05) is 11.6 Å². The van der Waals surface area contributed by atoms with Crippen molar-refractivity contribution in [2.45, 2.75) is 45.1 Å². The molecule has 0 saturated heterocycles. The quantitative estimate of drug-likeness (QED) is 0.864. The van der Waals surface area contributed by atoms with Crippen molar-refractivity contribution in [1.82, 2.24) is 10.3 Å². The Morgan fingerprint density at radius 1 is 1.30 bits per heavy atom. The van der Waals surface area contributed by atoms with Gasteiger partial charge in [-0.15, -0.1) is 0 Å². The van der Waals surface area contributed by atoms with Crippen molar-refractivity contribution in [2.24, 2.45) is 5.92 Å². The minimum atomic E-state index is 0.269. The molecule has 4 rings (SSSR count). The minimum Gasteiger partial charge on any atom is -0.358 e. The molecule has 1 heterocycles. The summed E-state index contributed by atoms with van der Waals surface area (Å²) in [7, 11) is 0. The first-order valence-electron chi connectivity index (χ1n) is 7.61. The SMILES string of the molecule is Cc1ccc2[nH]c3c(c2c1)CCC(NC(=O)C1CC1)C3. The summed E-state index contributed by atoms with van der Waals surface area (Å²) in [5.74, 6) is 0.576. The predicted octanol–water partition coefficient (Wildman–Crippen LogP) is 2.86. The summed E-state index contributed by atoms with van der Waals surface area (Å²) in [6.45, 7) is 2.14. The number of aromatic nitrogens is 1. The summed E-state index contributed by atoms with van der Waals surface area (Å²) in [5, 5.41) is 4.59. The van der Waals surface area contributed by atoms with Crippen LogP contribution in [0.2, 0.25) is 0 Å². The van der Waals surface area contributed by atoms with Crippen LogP contribution in [-0.4, -0.2) is 16.9 Å². The Bertz CT molecular complexity index is 682. The molecule has 2 aliphatic rings. The Hall–Kier alpha value is -1.77. The van der Waals surface area contributed by atoms with Crippen LogP contribution in [0, 0.1) is 12.8 Å². The minimum absolute atomic E-state index is 0.269. The van der Waals surface area contributed by atoms with E-state index in [1.807, 2.05) is 0 Å². The fourth-order valence-electron chi connectivity index (χ4n) is 3.33. The van der Waals surface area contributed by atoms with Crippen molar-refractivity contribution in [3.63, 3.8) is 0 Å². The van der Waals surface area contributed by atoms with E-state index >= 15 is 0 Å². The van der Waals surface area contributed by atoms with Gasteiger partial charge >= 0.3 is 0 Å². The molecule has 104 valence electrons. The lowest BCUT2D eigenvalue weighted by atomic mass is 9.91. The summed E-state index contributed by atoms with van der Waals surface area (Å²) in [4.78, 5) is 15.4. The Labute approximate surface area is 118 Å². The molecule has 1 saturated carbocycles. The van der Waals surface area contributed by atoms with Gasteiger partial charge in [-0.2, -0.15) is 0 Å². The maximum absolute atomic E-state index is 11.9. The molecule has 1 unspecified atom stereocenters. The monoisotopic (exact) mass is 268 g/mol. The van der Waals surface area contributed by atoms with Crippen LogP contribution in [-0.2, 0) is 17.6 Å². The number of amides is 1. The van der Waals surface area contributed by atoms with Gasteiger partial charge in [-0.25, -0.2) is 0 Å². The molecule has 3 nitrogen and oxygen atoms in total. The fourth-order valence-corrected chi connectivity index (χ4v) is 3.33. The normalized spacial score (nSPS) is 21.8. The zero-order valence-corrected chi connectivity index (χ0v) is 11.8. The number of benzene rings is 1. The van der Waals surface area contributed by atoms with E-state index < -0.39 is 0 Å². The van der Waals surface area contributed by atoms with E-state index in [-0.39, 0.29) is 5.91 Å². The van der Waals surface area contributed by atoms with Crippen molar-refractivity contribution in [1.29, 1.82) is 0 Å². The molecule has 20 heavy (non-hydrogen) atoms. The van der Waals surface area contributed by atoms with Gasteiger partial charge in [0.1, 0.15) is 0 Å². The zero-order chi connectivity index (χ0) is 13.7. The van der Waals surface area contributed by atoms with Gasteiger partial charge in [0.2, 0.25) is 5.91 Å². The Morgan fingerprint density at radius 2 is 2.15 bits per heavy atom. The molecule has 0 radical (unpaired) electrons. The van der Waals surface area contributed by atoms with E-state index in [0.717, 1.165) is 32.1 Å². The highest BCUT2D eigenvalue weighted by Crippen LogP contribution is 2.32. The number of rotatable bonds is 2. The van der Waals surface area contributed by atoms with E-state index in [1.54, 1.807) is 0 Å². The van der Waals surface area contributed by atoms with Crippen molar-refractivity contribution >= 4 is 16.8 Å². The van der Waals surface area contributed by atoms with E-state index in [9.17, 15) is 4.79 Å². The molecule has 1 aromatic heterocycles. The molecule has 0 bridgehead atoms. The van der Waals surface area contributed by atoms with E-state index in [0.29, 0.717) is 12.0 Å². The van der Waals surface area contributed by atoms with Crippen LogP contribution in [0.4, 0.5) is 0 Å². The Balaban J connectivity index is 1.59. The second-order valence-electron chi connectivity index (χ2n) is 6.35. The molecule has 0 spiro atoms. The Morgan fingerprint density at radius 3 is 2.95 bits per heavy atom. The van der Waals surface area contributed by atoms with Crippen molar-refractivity contribution < 1.29 is 4.79 Å². The van der Waals surface area contributed by atoms with Crippen LogP contribution in [0.15, 0.2) is 18.2 Å². The molecule has 1 aromatic carbocycles. The van der Waals surface area contributed by atoms with E-state index in [1.165, 1.54) is 27.7 Å². The number of carbonyl (C=O) groups excluding carboxylic acids is 1. The van der Waals surface area contributed by atoms with Gasteiger partial charge in [0, 0.05) is 35.0 Å². The van der Waals surface area contributed by atoms with Gasteiger partial charge in [0.15, 0.2) is 0 Å². The number of hydrogen-bond donors (Lipinski definition) is 2. The maximum atomic E-state index is 11.9. The predicted molar refractivity (Wildman–Crippen MR) is 79.7 cm³/mol. The largest absolute Gasteiger partial charge is 0.358 e. The van der Waals surface area contributed by atoms with Gasteiger partial charge in [0.25, 0.3) is 0 Å². The van der Waals surface area contributed by atoms with Crippen LogP contribution in [0.1, 0.15) is 36.1 Å². The van der Waals surface area contributed by atoms with Gasteiger partial charge < -0.3 is 10.3 Å². The van der Waals surface area contributed by atoms with E-state index in [4.69, 9.17) is 0 Å². The third-order valence-corrected chi connectivity index (χ3v) is 4.64. The number of hydrogen-bond acceptors (Lipinski definition) is 1. The standard InChI is InChI=1S/C17H20N2O/c1-10-2-7-15-14(8-10)13-6-5-12(9-16(13)19-15)18-17(20)11-3-4-11/h2,7-8,11-12,19H,3-6,9H2,1H3,(H,18,20). The van der Waals surface area contributed by atoms with Crippen LogP contribution in [0.5, 0.6) is 0 Å². The molecule has 2 aromatic rings. The fraction of sp³-hybridized carbons (Fsp3) is 0.471. The average Bonchev–Trinajstić information content (AvgIpc) is 3.21. The van der Waals surface area contributed by atoms with Gasteiger partial charge in [-0.05, 0) is 50.3 Å². The first kappa shape index (κ1) is 12.0. The lowest BCUT2D eigenvalue weighted by molar-refractivity contribution is -0.123. The first-order chi connectivity index (χ1) is 9.70. The highest BCUT2D eigenvalue weighted by atomic mass is 16.2. The zero-order valence-electron chi connectivity index (χ0n) is 11.8. The summed E-state index contributed by atoms with van der Waals surface area (Å²) in [6.07, 6.45) is 5.23. The van der Waals surface area contributed by atoms with Crippen LogP contribution in [0.25, 0.3) is 10.9 Å². The molecular weight excluding hydrogens is 248 g/mol. The van der Waals surface area contributed by atoms with Crippen molar-refractivity contribution in [3.05, 3.63) is 35.0 Å². The van der Waals surface area contributed by atoms with Gasteiger partial charge in [0.05, 0.1) is 0 Å². The van der Waals surface area contributed by atoms with Crippen LogP contribution < -0.4 is 5.32 Å². The first-order valence-corrected chi connectivity index (χ1v) is 7.61. The molecule has 2 aliphatic carbocycles. The third-order valence-electron chi connectivity index (χ3n) is 4.64. The van der Waals surface area contributed by atoms with Crippen LogP contribution in [0.3, 0.4) is 0 Å². The van der Waals surface area contributed by atoms with Crippen molar-refractivity contribution in [2.75, 3.05) is 0 Å². The molecule has 3 heteroatoms. The molecule has 2 N–H and O–H groups in total. The molecule has 1 amide bonds. The number of fused-ring (bicyclic) bond motifs is 3. The summed E-state index contributed by atoms with van der Waals surface area (Å²) < 4.78 is 0. The topological polar surface area (TPSA) is 44.9 Å². The molecule has 1 fully saturated rings. The lowest BCUT2D eigenvalue weighted by Gasteiger charge is -2.23. The smallest absolute Gasteiger partial charge is 0.223 e. The highest BCUT2D eigenvalue weighted by Gasteiger charge is 2.32. The van der Waals surface area contributed by atoms with E-state index in [2.05, 4.69) is 35.4 Å². The maximum Gasteiger partial charge on any atom is 0.223 e. The average molecular weight is 268 g/mol. The number of aryl methyl sites for hydroxylation is 2. The van der Waals surface area contributed by atoms with Crippen LogP contribution >= 0.6 is 0 Å². The number of nitrogens with one attached hydrogen (secondary N) is 2. The summed E-state index contributed by atoms with van der Waals surface area (Å²) in [5.41, 5.74) is 5.32. The number of H-pyrrole nitrogens is 1. The summed E-state index contributed by atoms with van der Waals surface area (Å²) >= 11 is 0. The lowest BCUT2D eigenvalue weighted by Crippen LogP contribution is -2.39. The second-order valence-corrected chi connectivity index (χ2v) is 6.35. The second kappa shape index (κ2) is 4.37. The summed E-state index contributed by atoms with van der Waals surface area (Å²) in [6, 6.07) is 6.90. The van der Waals surface area contributed by atoms with Crippen molar-refractivity contribution in [3.8, 4) is 0 Å².